The van der Waals surface area contributed by atoms with Gasteiger partial charge in [0.25, 0.3) is 0 Å². The smallest absolute Gasteiger partial charge is 0.246 e. The molecule has 0 aromatic carbocycles. The van der Waals surface area contributed by atoms with Crippen LogP contribution in [0.5, 0.6) is 0 Å². The van der Waals surface area contributed by atoms with Crippen LogP contribution in [0.25, 0.3) is 0 Å². The second-order valence-electron chi connectivity index (χ2n) is 6.37. The molecule has 1 N–H and O–H groups in total. The van der Waals surface area contributed by atoms with E-state index < -0.39 is 5.54 Å². The van der Waals surface area contributed by atoms with Crippen LogP contribution >= 0.6 is 0 Å². The van der Waals surface area contributed by atoms with Gasteiger partial charge in [-0.2, -0.15) is 0 Å². The predicted molar refractivity (Wildman–Crippen MR) is 86.8 cm³/mol. The van der Waals surface area contributed by atoms with E-state index in [-0.39, 0.29) is 24.5 Å². The summed E-state index contributed by atoms with van der Waals surface area (Å²) in [7, 11) is 1.50. The molecular formula is C17H25N3O3. The van der Waals surface area contributed by atoms with Crippen LogP contribution in [-0.4, -0.2) is 53.5 Å². The van der Waals surface area contributed by atoms with E-state index in [4.69, 9.17) is 4.74 Å². The predicted octanol–water partition coefficient (Wildman–Crippen LogP) is 1.16. The molecule has 1 atom stereocenters. The summed E-state index contributed by atoms with van der Waals surface area (Å²) in [4.78, 5) is 30.5. The molecule has 0 saturated carbocycles. The quantitative estimate of drug-likeness (QED) is 0.854. The molecule has 0 radical (unpaired) electrons. The number of hydrogen-bond donors (Lipinski definition) is 1. The van der Waals surface area contributed by atoms with Gasteiger partial charge < -0.3 is 15.0 Å². The molecule has 2 rings (SSSR count). The van der Waals surface area contributed by atoms with Gasteiger partial charge in [-0.25, -0.2) is 0 Å². The highest BCUT2D eigenvalue weighted by Gasteiger charge is 2.41. The molecule has 0 bridgehead atoms. The Bertz CT molecular complexity index is 547. The maximum Gasteiger partial charge on any atom is 0.246 e. The average Bonchev–Trinajstić information content (AvgIpc) is 2.51. The van der Waals surface area contributed by atoms with E-state index in [9.17, 15) is 9.59 Å². The zero-order valence-electron chi connectivity index (χ0n) is 14.0. The van der Waals surface area contributed by atoms with Gasteiger partial charge in [0, 0.05) is 44.4 Å². The van der Waals surface area contributed by atoms with E-state index in [2.05, 4.69) is 10.3 Å². The number of hydrogen-bond acceptors (Lipinski definition) is 4. The fourth-order valence-corrected chi connectivity index (χ4v) is 3.06. The molecule has 1 aromatic heterocycles. The summed E-state index contributed by atoms with van der Waals surface area (Å²) < 4.78 is 4.93. The van der Waals surface area contributed by atoms with Crippen LogP contribution in [0.2, 0.25) is 0 Å². The topological polar surface area (TPSA) is 71.5 Å². The lowest BCUT2D eigenvalue weighted by molar-refractivity contribution is -0.140. The van der Waals surface area contributed by atoms with Crippen LogP contribution in [0.3, 0.4) is 0 Å². The number of likely N-dealkylation sites (tertiary alicyclic amines) is 1. The number of pyridine rings is 1. The van der Waals surface area contributed by atoms with Crippen LogP contribution in [-0.2, 0) is 20.7 Å². The van der Waals surface area contributed by atoms with Gasteiger partial charge in [-0.15, -0.1) is 0 Å². The number of rotatable bonds is 6. The van der Waals surface area contributed by atoms with Gasteiger partial charge in [0.15, 0.2) is 0 Å². The van der Waals surface area contributed by atoms with Crippen LogP contribution < -0.4 is 5.32 Å². The molecule has 1 fully saturated rings. The first-order valence-electron chi connectivity index (χ1n) is 7.95. The monoisotopic (exact) mass is 319 g/mol. The summed E-state index contributed by atoms with van der Waals surface area (Å²) in [6, 6.07) is 5.84. The van der Waals surface area contributed by atoms with Crippen molar-refractivity contribution < 1.29 is 14.3 Å². The summed E-state index contributed by atoms with van der Waals surface area (Å²) in [6.07, 6.45) is 3.38. The number of aromatic nitrogens is 1. The van der Waals surface area contributed by atoms with Crippen LogP contribution in [0.1, 0.15) is 32.4 Å². The van der Waals surface area contributed by atoms with E-state index in [1.165, 1.54) is 7.11 Å². The van der Waals surface area contributed by atoms with Crippen LogP contribution in [0.15, 0.2) is 24.4 Å². The summed E-state index contributed by atoms with van der Waals surface area (Å²) in [5.41, 5.74) is 0.408. The van der Waals surface area contributed by atoms with Crippen molar-refractivity contribution >= 4 is 11.8 Å². The number of methoxy groups -OCH3 is 1. The van der Waals surface area contributed by atoms with Gasteiger partial charge in [-0.3, -0.25) is 14.6 Å². The van der Waals surface area contributed by atoms with Gasteiger partial charge >= 0.3 is 0 Å². The molecule has 1 aliphatic rings. The van der Waals surface area contributed by atoms with Crippen molar-refractivity contribution in [1.82, 2.24) is 15.2 Å². The Morgan fingerprint density at radius 3 is 2.87 bits per heavy atom. The molecule has 126 valence electrons. The fourth-order valence-electron chi connectivity index (χ4n) is 3.06. The third-order valence-electron chi connectivity index (χ3n) is 4.16. The van der Waals surface area contributed by atoms with Crippen LogP contribution in [0, 0.1) is 0 Å². The first kappa shape index (κ1) is 17.4. The highest BCUT2D eigenvalue weighted by atomic mass is 16.5. The Kier molecular flexibility index (Phi) is 5.71. The molecule has 23 heavy (non-hydrogen) atoms. The first-order chi connectivity index (χ1) is 11.0. The Balaban J connectivity index is 2.23. The number of carbonyl (C=O) groups is 2. The van der Waals surface area contributed by atoms with Crippen molar-refractivity contribution in [3.8, 4) is 0 Å². The summed E-state index contributed by atoms with van der Waals surface area (Å²) >= 11 is 0. The van der Waals surface area contributed by atoms with Gasteiger partial charge in [-0.05, 0) is 32.4 Å². The second kappa shape index (κ2) is 7.55. The van der Waals surface area contributed by atoms with E-state index in [1.54, 1.807) is 6.20 Å². The molecule has 6 nitrogen and oxygen atoms in total. The van der Waals surface area contributed by atoms with Crippen molar-refractivity contribution in [2.45, 2.75) is 44.7 Å². The lowest BCUT2D eigenvalue weighted by Gasteiger charge is -2.44. The highest BCUT2D eigenvalue weighted by molar-refractivity contribution is 5.80. The van der Waals surface area contributed by atoms with E-state index in [0.29, 0.717) is 25.8 Å². The zero-order chi connectivity index (χ0) is 16.9. The number of carbonyl (C=O) groups excluding carboxylic acids is 2. The molecule has 6 heteroatoms. The molecule has 2 amide bonds. The molecule has 0 spiro atoms. The number of nitrogens with one attached hydrogen (secondary N) is 1. The maximum absolute atomic E-state index is 12.2. The van der Waals surface area contributed by atoms with E-state index in [1.807, 2.05) is 36.9 Å². The third kappa shape index (κ3) is 4.51. The molecule has 1 saturated heterocycles. The highest BCUT2D eigenvalue weighted by Crippen LogP contribution is 2.27. The third-order valence-corrected chi connectivity index (χ3v) is 4.16. The Morgan fingerprint density at radius 1 is 1.48 bits per heavy atom. The average molecular weight is 319 g/mol. The van der Waals surface area contributed by atoms with Gasteiger partial charge in [0.1, 0.15) is 6.61 Å². The minimum Gasteiger partial charge on any atom is -0.375 e. The fraction of sp³-hybridized carbons (Fsp3) is 0.588. The molecule has 1 unspecified atom stereocenters. The molecular weight excluding hydrogens is 294 g/mol. The molecule has 0 aliphatic carbocycles. The lowest BCUT2D eigenvalue weighted by Crippen LogP contribution is -2.63. The summed E-state index contributed by atoms with van der Waals surface area (Å²) in [6.45, 7) is 4.49. The normalized spacial score (nSPS) is 21.6. The molecule has 1 aromatic rings. The van der Waals surface area contributed by atoms with Gasteiger partial charge in [0.2, 0.25) is 11.8 Å². The van der Waals surface area contributed by atoms with Gasteiger partial charge in [-0.1, -0.05) is 6.07 Å². The Labute approximate surface area is 137 Å². The Morgan fingerprint density at radius 2 is 2.26 bits per heavy atom. The number of piperidine rings is 1. The number of amides is 2. The minimum absolute atomic E-state index is 0.0135. The summed E-state index contributed by atoms with van der Waals surface area (Å²) in [5.74, 6) is -0.0286. The maximum atomic E-state index is 12.2. The van der Waals surface area contributed by atoms with Crippen molar-refractivity contribution in [3.63, 3.8) is 0 Å². The van der Waals surface area contributed by atoms with Crippen LogP contribution in [0.4, 0.5) is 0 Å². The Hall–Kier alpha value is -1.95. The van der Waals surface area contributed by atoms with E-state index >= 15 is 0 Å². The largest absolute Gasteiger partial charge is 0.375 e. The number of nitrogens with zero attached hydrogens (tertiary/aromatic N) is 2. The zero-order valence-corrected chi connectivity index (χ0v) is 14.0. The SMILES string of the molecule is COCC(=O)NC1(Cc2ccccn2)CCC(=O)N(C(C)C)C1. The lowest BCUT2D eigenvalue weighted by atomic mass is 9.83. The first-order valence-corrected chi connectivity index (χ1v) is 7.95. The van der Waals surface area contributed by atoms with Gasteiger partial charge in [0.05, 0.1) is 5.54 Å². The standard InChI is InChI=1S/C17H25N3O3/c1-13(2)20-12-17(8-7-16(20)22,19-15(21)11-23-3)10-14-6-4-5-9-18-14/h4-6,9,13H,7-8,10-12H2,1-3H3,(H,19,21). The minimum atomic E-state index is -0.498. The molecule has 2 heterocycles. The van der Waals surface area contributed by atoms with E-state index in [0.717, 1.165) is 5.69 Å². The van der Waals surface area contributed by atoms with Crippen molar-refractivity contribution in [2.75, 3.05) is 20.3 Å². The summed E-state index contributed by atoms with van der Waals surface area (Å²) in [5, 5.41) is 3.09. The number of ether oxygens (including phenoxy) is 1. The van der Waals surface area contributed by atoms with Crippen molar-refractivity contribution in [1.29, 1.82) is 0 Å². The van der Waals surface area contributed by atoms with Crippen molar-refractivity contribution in [3.05, 3.63) is 30.1 Å². The van der Waals surface area contributed by atoms with Crippen molar-refractivity contribution in [2.24, 2.45) is 0 Å². The molecule has 1 aliphatic heterocycles. The second-order valence-corrected chi connectivity index (χ2v) is 6.37.